The van der Waals surface area contributed by atoms with Crippen LogP contribution in [0.25, 0.3) is 54.5 Å². The Morgan fingerprint density at radius 3 is 2.22 bits per heavy atom. The van der Waals surface area contributed by atoms with Gasteiger partial charge in [-0.1, -0.05) is 91.5 Å². The molecule has 1 N–H and O–H groups in total. The molecule has 0 bridgehead atoms. The Morgan fingerprint density at radius 2 is 1.56 bits per heavy atom. The molecule has 7 heteroatoms. The van der Waals surface area contributed by atoms with Crippen molar-refractivity contribution in [2.75, 3.05) is 0 Å². The molecule has 3 heterocycles. The van der Waals surface area contributed by atoms with Gasteiger partial charge in [-0.25, -0.2) is 4.98 Å². The zero-order valence-corrected chi connectivity index (χ0v) is 33.9. The Hall–Kier alpha value is -3.64. The predicted molar refractivity (Wildman–Crippen MR) is 206 cm³/mol. The number of aromatic nitrogens is 2. The molecule has 0 saturated heterocycles. The molecule has 0 aliphatic heterocycles. The van der Waals surface area contributed by atoms with Gasteiger partial charge in [-0.3, -0.25) is 9.78 Å². The van der Waals surface area contributed by atoms with Crippen molar-refractivity contribution in [3.8, 4) is 22.6 Å². The zero-order valence-electron chi connectivity index (χ0n) is 30.7. The molecule has 1 radical (unpaired) electrons. The number of allylic oxidation sites excluding steroid dienone is 2. The Morgan fingerprint density at radius 1 is 0.880 bits per heavy atom. The van der Waals surface area contributed by atoms with Crippen LogP contribution in [0.3, 0.4) is 0 Å². The van der Waals surface area contributed by atoms with Gasteiger partial charge in [0, 0.05) is 53.3 Å². The number of aliphatic hydroxyl groups is 1. The minimum absolute atomic E-state index is 0. The van der Waals surface area contributed by atoms with Gasteiger partial charge < -0.3 is 9.52 Å². The molecule has 50 heavy (non-hydrogen) atoms. The van der Waals surface area contributed by atoms with Crippen molar-refractivity contribution >= 4 is 49.1 Å². The number of hydrogen-bond acceptors (Lipinski definition) is 6. The summed E-state index contributed by atoms with van der Waals surface area (Å²) in [6.45, 7) is 18.8. The molecule has 3 aromatic heterocycles. The molecule has 3 aromatic carbocycles. The monoisotopic (exact) mass is 866 g/mol. The van der Waals surface area contributed by atoms with E-state index >= 15 is 0 Å². The smallest absolute Gasteiger partial charge is 0.164 e. The van der Waals surface area contributed by atoms with E-state index in [0.29, 0.717) is 5.58 Å². The Kier molecular flexibility index (Phi) is 12.3. The van der Waals surface area contributed by atoms with E-state index in [1.165, 1.54) is 27.1 Å². The second kappa shape index (κ2) is 15.7. The van der Waals surface area contributed by atoms with Gasteiger partial charge in [-0.05, 0) is 66.1 Å². The van der Waals surface area contributed by atoms with E-state index in [2.05, 4.69) is 96.8 Å². The molecule has 0 aliphatic rings. The summed E-state index contributed by atoms with van der Waals surface area (Å²) in [5.41, 5.74) is 4.88. The van der Waals surface area contributed by atoms with Crippen molar-refractivity contribution in [2.45, 2.75) is 93.4 Å². The number of carbonyl (C=O) groups excluding carboxylic acids is 1. The maximum Gasteiger partial charge on any atom is 0.164 e. The van der Waals surface area contributed by atoms with E-state index in [9.17, 15) is 9.90 Å². The van der Waals surface area contributed by atoms with Crippen LogP contribution in [0.15, 0.2) is 88.6 Å². The van der Waals surface area contributed by atoms with E-state index in [1.54, 1.807) is 17.7 Å². The Balaban J connectivity index is 0.000000269. The minimum Gasteiger partial charge on any atom is -0.512 e. The molecule has 0 spiro atoms. The first kappa shape index (κ1) is 39.2. The first-order chi connectivity index (χ1) is 23.3. The van der Waals surface area contributed by atoms with Crippen LogP contribution in [0.4, 0.5) is 0 Å². The normalized spacial score (nSPS) is 12.5. The molecular weight excluding hydrogens is 817 g/mol. The number of ketones is 1. The molecule has 6 aromatic rings. The van der Waals surface area contributed by atoms with Crippen molar-refractivity contribution in [3.05, 3.63) is 95.8 Å². The summed E-state index contributed by atoms with van der Waals surface area (Å²) in [5, 5.41) is 15.8. The largest absolute Gasteiger partial charge is 0.512 e. The fraction of sp³-hybridized carbons (Fsp3) is 0.372. The van der Waals surface area contributed by atoms with Crippen molar-refractivity contribution in [1.82, 2.24) is 9.97 Å². The Labute approximate surface area is 314 Å². The molecule has 0 aliphatic carbocycles. The Bertz CT molecular complexity index is 2130. The van der Waals surface area contributed by atoms with Crippen LogP contribution in [0.2, 0.25) is 0 Å². The van der Waals surface area contributed by atoms with Crippen molar-refractivity contribution in [1.29, 1.82) is 0 Å². The number of benzene rings is 3. The summed E-state index contributed by atoms with van der Waals surface area (Å²) in [6.07, 6.45) is 6.36. The van der Waals surface area contributed by atoms with Gasteiger partial charge in [-0.2, -0.15) is 0 Å². The number of rotatable bonds is 9. The van der Waals surface area contributed by atoms with E-state index < -0.39 is 0 Å². The summed E-state index contributed by atoms with van der Waals surface area (Å²) in [5.74, 6) is 1.08. The molecule has 0 unspecified atom stereocenters. The van der Waals surface area contributed by atoms with Crippen LogP contribution in [-0.2, 0) is 30.3 Å². The maximum absolute atomic E-state index is 12.2. The van der Waals surface area contributed by atoms with Crippen LogP contribution in [0, 0.1) is 16.9 Å². The van der Waals surface area contributed by atoms with Crippen LogP contribution < -0.4 is 0 Å². The van der Waals surface area contributed by atoms with E-state index in [0.717, 1.165) is 59.2 Å². The first-order valence-electron chi connectivity index (χ1n) is 17.4. The van der Waals surface area contributed by atoms with Gasteiger partial charge in [0.05, 0.1) is 5.69 Å². The molecule has 0 amide bonds. The second-order valence-corrected chi connectivity index (χ2v) is 15.5. The third kappa shape index (κ3) is 7.96. The van der Waals surface area contributed by atoms with Crippen LogP contribution in [-0.4, -0.2) is 20.9 Å². The van der Waals surface area contributed by atoms with Crippen LogP contribution in [0.5, 0.6) is 0 Å². The molecule has 0 atom stereocenters. The fourth-order valence-corrected chi connectivity index (χ4v) is 6.74. The summed E-state index contributed by atoms with van der Waals surface area (Å²) in [4.78, 5) is 21.3. The SMILES string of the molecule is CC(C)(C)c1cc(-c2ncnc3cc(-c4ccc5sccc5c4)oc23)[c-]c2ccccc12.CCC(C)(CC)C(=O)/C=C(\O)C(C)(CC)CC.[Ir]. The van der Waals surface area contributed by atoms with Crippen LogP contribution in [0.1, 0.15) is 93.6 Å². The number of thiophene rings is 1. The number of aliphatic hydroxyl groups excluding tert-OH is 1. The van der Waals surface area contributed by atoms with Crippen molar-refractivity contribution < 1.29 is 34.4 Å². The third-order valence-corrected chi connectivity index (χ3v) is 11.4. The van der Waals surface area contributed by atoms with Gasteiger partial charge >= 0.3 is 0 Å². The van der Waals surface area contributed by atoms with Crippen molar-refractivity contribution in [3.63, 3.8) is 0 Å². The average molecular weight is 866 g/mol. The van der Waals surface area contributed by atoms with E-state index in [1.807, 2.05) is 47.6 Å². The summed E-state index contributed by atoms with van der Waals surface area (Å²) in [7, 11) is 0. The number of fused-ring (bicyclic) bond motifs is 3. The van der Waals surface area contributed by atoms with Crippen molar-refractivity contribution in [2.24, 2.45) is 10.8 Å². The maximum atomic E-state index is 12.2. The second-order valence-electron chi connectivity index (χ2n) is 14.5. The minimum atomic E-state index is -0.337. The molecule has 0 saturated carbocycles. The molecule has 5 nitrogen and oxygen atoms in total. The summed E-state index contributed by atoms with van der Waals surface area (Å²) in [6, 6.07) is 24.7. The molecular formula is C43H49IrN2O3S-. The fourth-order valence-electron chi connectivity index (χ4n) is 5.97. The van der Waals surface area contributed by atoms with Gasteiger partial charge in [0.2, 0.25) is 0 Å². The van der Waals surface area contributed by atoms with E-state index in [-0.39, 0.29) is 47.9 Å². The molecule has 0 fully saturated rings. The number of nitrogens with zero attached hydrogens (tertiary/aromatic N) is 2. The van der Waals surface area contributed by atoms with Gasteiger partial charge in [0.25, 0.3) is 0 Å². The van der Waals surface area contributed by atoms with Gasteiger partial charge in [0.1, 0.15) is 28.9 Å². The summed E-state index contributed by atoms with van der Waals surface area (Å²) < 4.78 is 7.63. The molecule has 265 valence electrons. The topological polar surface area (TPSA) is 76.2 Å². The van der Waals surface area contributed by atoms with Crippen LogP contribution >= 0.6 is 11.3 Å². The number of furan rings is 1. The van der Waals surface area contributed by atoms with E-state index in [4.69, 9.17) is 4.42 Å². The number of hydrogen-bond donors (Lipinski definition) is 1. The number of carbonyl (C=O) groups is 1. The summed E-state index contributed by atoms with van der Waals surface area (Å²) >= 11 is 1.74. The average Bonchev–Trinajstić information content (AvgIpc) is 3.77. The third-order valence-electron chi connectivity index (χ3n) is 10.5. The molecule has 6 rings (SSSR count). The van der Waals surface area contributed by atoms with Gasteiger partial charge in [0.15, 0.2) is 5.78 Å². The quantitative estimate of drug-likeness (QED) is 0.0890. The first-order valence-corrected chi connectivity index (χ1v) is 18.3. The van der Waals surface area contributed by atoms with Gasteiger partial charge in [-0.15, -0.1) is 40.5 Å². The standard InChI is InChI=1S/C28H21N2OS.C15H28O2.Ir/c1-28(2,3)22-14-20(12-17-6-4-5-7-21(17)22)26-27-23(29-16-30-26)15-24(31-27)18-8-9-25-19(13-18)10-11-32-25;1-7-14(5,8-2)12(16)11-13(17)15(6,9-3)10-4;/h4-11,13-16H,1-3H3;11,16H,7-10H2,1-6H3;/q-1;;/b;12-11-;. The predicted octanol–water partition coefficient (Wildman–Crippen LogP) is 12.7. The zero-order chi connectivity index (χ0) is 35.6.